The van der Waals surface area contributed by atoms with Crippen LogP contribution in [0.5, 0.6) is 0 Å². The van der Waals surface area contributed by atoms with E-state index in [1.807, 2.05) is 43.9 Å². The number of ether oxygens (including phenoxy) is 3. The number of likely N-dealkylation sites (tertiary alicyclic amines) is 1. The number of benzene rings is 1. The van der Waals surface area contributed by atoms with Gasteiger partial charge in [0.05, 0.1) is 12.2 Å². The van der Waals surface area contributed by atoms with Crippen LogP contribution >= 0.6 is 0 Å². The van der Waals surface area contributed by atoms with Gasteiger partial charge in [-0.3, -0.25) is 4.79 Å². The number of carbonyl (C=O) groups is 3. The summed E-state index contributed by atoms with van der Waals surface area (Å²) in [6.45, 7) is 13.6. The fourth-order valence-electron chi connectivity index (χ4n) is 4.75. The third-order valence-electron chi connectivity index (χ3n) is 6.82. The number of amides is 2. The Balaban J connectivity index is 0.00000216. The van der Waals surface area contributed by atoms with E-state index in [9.17, 15) is 14.4 Å². The van der Waals surface area contributed by atoms with Gasteiger partial charge in [-0.2, -0.15) is 14.2 Å². The molecule has 11 heteroatoms. The summed E-state index contributed by atoms with van der Waals surface area (Å²) in [7, 11) is 0. The first-order valence-corrected chi connectivity index (χ1v) is 14.8. The highest BCUT2D eigenvalue weighted by Gasteiger charge is 2.33. The van der Waals surface area contributed by atoms with Gasteiger partial charge in [-0.05, 0) is 72.4 Å². The number of hydrogen-bond donors (Lipinski definition) is 1. The smallest absolute Gasteiger partial charge is 0.414 e. The number of carbonyl (C=O) groups excluding carboxylic acids is 5. The maximum absolute atomic E-state index is 13.2. The minimum atomic E-state index is -0.991. The lowest BCUT2D eigenvalue weighted by Gasteiger charge is -2.38. The lowest BCUT2D eigenvalue weighted by molar-refractivity contribution is -0.727. The van der Waals surface area contributed by atoms with Gasteiger partial charge in [-0.1, -0.05) is 37.3 Å². The van der Waals surface area contributed by atoms with E-state index in [-0.39, 0.29) is 37.5 Å². The van der Waals surface area contributed by atoms with Crippen LogP contribution in [-0.2, 0) is 35.3 Å². The van der Waals surface area contributed by atoms with E-state index < -0.39 is 29.1 Å². The molecule has 2 aromatic rings. The standard InChI is InChI=1S/C32H45N3O6.CO2/c1-23(24-14-9-8-10-15-24)27-17-11-12-19-35(27)30(38)39-22-34-18-13-16-25(20-34)28(36)33-26(21-40-31(2,3)4)29(37)41-32(5,6)7;2-1-3/h8-10,13-16,18,20,23,26-27H,11-12,17,19,21-22H2,1-7H3;/p+1/t23-,26+,27?;/m1./s1. The van der Waals surface area contributed by atoms with E-state index in [0.29, 0.717) is 12.1 Å². The molecule has 1 N–H and O–H groups in total. The van der Waals surface area contributed by atoms with Crippen molar-refractivity contribution in [2.45, 2.75) is 104 Å². The zero-order valence-electron chi connectivity index (χ0n) is 26.8. The van der Waals surface area contributed by atoms with Gasteiger partial charge in [-0.15, -0.1) is 0 Å². The Kier molecular flexibility index (Phi) is 13.7. The van der Waals surface area contributed by atoms with Crippen LogP contribution in [0.15, 0.2) is 54.9 Å². The highest BCUT2D eigenvalue weighted by Crippen LogP contribution is 2.30. The number of piperidine rings is 1. The van der Waals surface area contributed by atoms with Crippen molar-refractivity contribution in [2.75, 3.05) is 13.2 Å². The molecular formula is C33H46N3O8+. The Morgan fingerprint density at radius 3 is 2.27 bits per heavy atom. The topological polar surface area (TPSA) is 132 Å². The molecule has 240 valence electrons. The second-order valence-electron chi connectivity index (χ2n) is 12.7. The zero-order valence-corrected chi connectivity index (χ0v) is 26.8. The summed E-state index contributed by atoms with van der Waals surface area (Å²) in [5, 5.41) is 2.74. The van der Waals surface area contributed by atoms with E-state index in [1.54, 1.807) is 49.9 Å². The van der Waals surface area contributed by atoms with E-state index in [4.69, 9.17) is 23.8 Å². The summed E-state index contributed by atoms with van der Waals surface area (Å²) in [6, 6.07) is 12.6. The molecule has 1 aromatic carbocycles. The molecule has 44 heavy (non-hydrogen) atoms. The molecule has 3 rings (SSSR count). The van der Waals surface area contributed by atoms with E-state index >= 15 is 0 Å². The average molecular weight is 613 g/mol. The third-order valence-corrected chi connectivity index (χ3v) is 6.82. The fraction of sp³-hybridized carbons (Fsp3) is 0.545. The minimum absolute atomic E-state index is 0.0347. The number of hydrogen-bond acceptors (Lipinski definition) is 8. The van der Waals surface area contributed by atoms with E-state index in [1.165, 1.54) is 5.56 Å². The number of nitrogens with one attached hydrogen (secondary N) is 1. The molecule has 0 radical (unpaired) electrons. The van der Waals surface area contributed by atoms with Crippen molar-refractivity contribution in [3.05, 3.63) is 66.0 Å². The van der Waals surface area contributed by atoms with Crippen molar-refractivity contribution in [1.82, 2.24) is 10.2 Å². The zero-order chi connectivity index (χ0) is 32.9. The lowest BCUT2D eigenvalue weighted by atomic mass is 9.87. The number of rotatable bonds is 9. The van der Waals surface area contributed by atoms with Crippen LogP contribution in [0.3, 0.4) is 0 Å². The quantitative estimate of drug-likeness (QED) is 0.326. The van der Waals surface area contributed by atoms with Crippen LogP contribution in [0.2, 0.25) is 0 Å². The SMILES string of the molecule is C[C@H](c1ccccc1)C1CCCCN1C(=O)OC[n+]1cccc(C(=O)N[C@@H](COC(C)(C)C)C(=O)OC(C)(C)C)c1.O=C=O. The first-order valence-electron chi connectivity index (χ1n) is 14.8. The molecule has 2 amide bonds. The van der Waals surface area contributed by atoms with E-state index in [2.05, 4.69) is 24.4 Å². The maximum Gasteiger partial charge on any atom is 0.414 e. The Morgan fingerprint density at radius 1 is 1.00 bits per heavy atom. The summed E-state index contributed by atoms with van der Waals surface area (Å²) in [6.07, 6.45) is 6.11. The molecule has 0 bridgehead atoms. The van der Waals surface area contributed by atoms with Gasteiger partial charge >= 0.3 is 18.2 Å². The van der Waals surface area contributed by atoms with Gasteiger partial charge in [0.25, 0.3) is 12.6 Å². The molecule has 1 aliphatic rings. The predicted molar refractivity (Wildman–Crippen MR) is 160 cm³/mol. The van der Waals surface area contributed by atoms with Crippen molar-refractivity contribution >= 4 is 24.1 Å². The third kappa shape index (κ3) is 12.3. The number of pyridine rings is 1. The summed E-state index contributed by atoms with van der Waals surface area (Å²) in [5.41, 5.74) is 0.286. The molecule has 1 aromatic heterocycles. The molecule has 0 saturated carbocycles. The van der Waals surface area contributed by atoms with E-state index in [0.717, 1.165) is 19.3 Å². The normalized spacial score (nSPS) is 16.3. The number of esters is 1. The second kappa shape index (κ2) is 16.7. The Morgan fingerprint density at radius 2 is 1.66 bits per heavy atom. The first-order chi connectivity index (χ1) is 20.6. The molecule has 2 heterocycles. The molecule has 1 fully saturated rings. The van der Waals surface area contributed by atoms with Crippen LogP contribution < -0.4 is 9.88 Å². The monoisotopic (exact) mass is 612 g/mol. The Hall–Kier alpha value is -4.08. The van der Waals surface area contributed by atoms with Gasteiger partial charge in [0.15, 0.2) is 18.4 Å². The molecule has 3 atom stereocenters. The van der Waals surface area contributed by atoms with Crippen LogP contribution in [-0.4, -0.2) is 65.5 Å². The van der Waals surface area contributed by atoms with Crippen LogP contribution in [0.25, 0.3) is 0 Å². The van der Waals surface area contributed by atoms with Crippen LogP contribution in [0, 0.1) is 0 Å². The maximum atomic E-state index is 13.2. The Bertz CT molecular complexity index is 1260. The molecular weight excluding hydrogens is 566 g/mol. The fourth-order valence-corrected chi connectivity index (χ4v) is 4.75. The highest BCUT2D eigenvalue weighted by molar-refractivity contribution is 5.96. The van der Waals surface area contributed by atoms with Gasteiger partial charge in [0.2, 0.25) is 0 Å². The summed E-state index contributed by atoms with van der Waals surface area (Å²) in [5.74, 6) is -0.857. The lowest BCUT2D eigenvalue weighted by Crippen LogP contribution is -2.49. The molecule has 1 aliphatic heterocycles. The van der Waals surface area contributed by atoms with Crippen molar-refractivity contribution in [3.63, 3.8) is 0 Å². The first kappa shape index (κ1) is 36.1. The summed E-state index contributed by atoms with van der Waals surface area (Å²) in [4.78, 5) is 57.2. The molecule has 1 saturated heterocycles. The molecule has 0 spiro atoms. The summed E-state index contributed by atoms with van der Waals surface area (Å²) >= 11 is 0. The second-order valence-corrected chi connectivity index (χ2v) is 12.7. The number of aromatic nitrogens is 1. The van der Waals surface area contributed by atoms with Crippen LogP contribution in [0.1, 0.15) is 89.6 Å². The van der Waals surface area contributed by atoms with Crippen molar-refractivity contribution in [1.29, 1.82) is 0 Å². The van der Waals surface area contributed by atoms with Gasteiger partial charge in [0, 0.05) is 24.6 Å². The summed E-state index contributed by atoms with van der Waals surface area (Å²) < 4.78 is 18.6. The van der Waals surface area contributed by atoms with Crippen LogP contribution in [0.4, 0.5) is 4.79 Å². The molecule has 11 nitrogen and oxygen atoms in total. The molecule has 0 aliphatic carbocycles. The van der Waals surface area contributed by atoms with Gasteiger partial charge < -0.3 is 24.4 Å². The average Bonchev–Trinajstić information content (AvgIpc) is 2.97. The highest BCUT2D eigenvalue weighted by atomic mass is 16.6. The minimum Gasteiger partial charge on any atom is -0.458 e. The van der Waals surface area contributed by atoms with Crippen molar-refractivity contribution < 1.29 is 42.8 Å². The van der Waals surface area contributed by atoms with Crippen molar-refractivity contribution in [2.24, 2.45) is 0 Å². The predicted octanol–water partition coefficient (Wildman–Crippen LogP) is 4.40. The largest absolute Gasteiger partial charge is 0.458 e. The number of nitrogens with zero attached hydrogens (tertiary/aromatic N) is 2. The van der Waals surface area contributed by atoms with Crippen molar-refractivity contribution in [3.8, 4) is 0 Å². The molecule has 1 unspecified atom stereocenters. The van der Waals surface area contributed by atoms with Gasteiger partial charge in [-0.25, -0.2) is 9.59 Å². The van der Waals surface area contributed by atoms with Gasteiger partial charge in [0.1, 0.15) is 11.2 Å². The Labute approximate surface area is 259 Å².